The Morgan fingerprint density at radius 2 is 1.88 bits per heavy atom. The number of hydrogen-bond donors (Lipinski definition) is 1. The molecule has 0 radical (unpaired) electrons. The lowest BCUT2D eigenvalue weighted by molar-refractivity contribution is -0.127. The molecule has 0 aliphatic carbocycles. The van der Waals surface area contributed by atoms with E-state index in [-0.39, 0.29) is 23.1 Å². The van der Waals surface area contributed by atoms with Crippen molar-refractivity contribution < 1.29 is 17.9 Å². The molecule has 7 heteroatoms. The minimum atomic E-state index is -3.42. The second-order valence-electron chi connectivity index (χ2n) is 5.59. The van der Waals surface area contributed by atoms with Gasteiger partial charge in [0.05, 0.1) is 10.6 Å². The zero-order valence-electron chi connectivity index (χ0n) is 14.0. The Bertz CT molecular complexity index is 837. The fourth-order valence-electron chi connectivity index (χ4n) is 2.15. The molecular weight excluding hydrogens is 362 g/mol. The molecule has 2 aromatic rings. The number of nitrogens with one attached hydrogen (secondary N) is 1. The summed E-state index contributed by atoms with van der Waals surface area (Å²) in [7, 11) is -3.42. The van der Waals surface area contributed by atoms with Crippen LogP contribution in [0.25, 0.3) is 0 Å². The maximum absolute atomic E-state index is 12.1. The first-order valence-electron chi connectivity index (χ1n) is 7.78. The van der Waals surface area contributed by atoms with Crippen molar-refractivity contribution in [3.8, 4) is 5.75 Å². The van der Waals surface area contributed by atoms with Crippen LogP contribution in [0.4, 0.5) is 0 Å². The first kappa shape index (κ1) is 19.3. The van der Waals surface area contributed by atoms with E-state index in [0.717, 1.165) is 5.56 Å². The van der Waals surface area contributed by atoms with Crippen LogP contribution < -0.4 is 10.1 Å². The van der Waals surface area contributed by atoms with Gasteiger partial charge in [-0.25, -0.2) is 8.42 Å². The summed E-state index contributed by atoms with van der Waals surface area (Å²) < 4.78 is 29.9. The van der Waals surface area contributed by atoms with Crippen LogP contribution in [0.5, 0.6) is 5.75 Å². The van der Waals surface area contributed by atoms with Crippen LogP contribution in [0.15, 0.2) is 53.4 Å². The average molecular weight is 382 g/mol. The number of hydrogen-bond acceptors (Lipinski definition) is 4. The fourth-order valence-corrected chi connectivity index (χ4v) is 3.44. The van der Waals surface area contributed by atoms with E-state index < -0.39 is 15.9 Å². The normalized spacial score (nSPS) is 12.4. The molecule has 1 unspecified atom stereocenters. The van der Waals surface area contributed by atoms with Gasteiger partial charge in [-0.1, -0.05) is 29.8 Å². The zero-order chi connectivity index (χ0) is 18.4. The summed E-state index contributed by atoms with van der Waals surface area (Å²) in [5.74, 6) is -0.0208. The summed E-state index contributed by atoms with van der Waals surface area (Å²) >= 11 is 5.95. The molecule has 0 saturated heterocycles. The SMILES string of the molecule is Cc1cc(OC(C)C(=O)NCCS(=O)(=O)c2ccccc2)ccc1Cl. The number of carbonyl (C=O) groups is 1. The summed E-state index contributed by atoms with van der Waals surface area (Å²) in [6, 6.07) is 13.3. The Kier molecular flexibility index (Phi) is 6.45. The lowest BCUT2D eigenvalue weighted by atomic mass is 10.2. The van der Waals surface area contributed by atoms with Crippen molar-refractivity contribution in [3.63, 3.8) is 0 Å². The quantitative estimate of drug-likeness (QED) is 0.800. The number of ether oxygens (including phenoxy) is 1. The molecular formula is C18H20ClNO4S. The number of aryl methyl sites for hydroxylation is 1. The topological polar surface area (TPSA) is 72.5 Å². The van der Waals surface area contributed by atoms with Crippen molar-refractivity contribution in [2.45, 2.75) is 24.8 Å². The minimum Gasteiger partial charge on any atom is -0.481 e. The van der Waals surface area contributed by atoms with E-state index >= 15 is 0 Å². The van der Waals surface area contributed by atoms with Gasteiger partial charge in [-0.15, -0.1) is 0 Å². The number of amides is 1. The lowest BCUT2D eigenvalue weighted by Crippen LogP contribution is -2.38. The van der Waals surface area contributed by atoms with Gasteiger partial charge in [0.2, 0.25) is 0 Å². The van der Waals surface area contributed by atoms with E-state index in [1.54, 1.807) is 43.3 Å². The highest BCUT2D eigenvalue weighted by atomic mass is 35.5. The highest BCUT2D eigenvalue weighted by molar-refractivity contribution is 7.91. The third-order valence-electron chi connectivity index (χ3n) is 3.58. The number of halogens is 1. The first-order chi connectivity index (χ1) is 11.8. The maximum Gasteiger partial charge on any atom is 0.260 e. The number of sulfone groups is 1. The molecule has 0 spiro atoms. The van der Waals surface area contributed by atoms with Crippen LogP contribution in [0.2, 0.25) is 5.02 Å². The number of rotatable bonds is 7. The highest BCUT2D eigenvalue weighted by Gasteiger charge is 2.17. The maximum atomic E-state index is 12.1. The summed E-state index contributed by atoms with van der Waals surface area (Å²) in [5.41, 5.74) is 0.848. The van der Waals surface area contributed by atoms with Crippen LogP contribution in [0.1, 0.15) is 12.5 Å². The number of carbonyl (C=O) groups excluding carboxylic acids is 1. The van der Waals surface area contributed by atoms with Gasteiger partial charge in [-0.3, -0.25) is 4.79 Å². The van der Waals surface area contributed by atoms with Crippen LogP contribution in [-0.4, -0.2) is 32.7 Å². The third kappa shape index (κ3) is 5.47. The molecule has 0 aromatic heterocycles. The van der Waals surface area contributed by atoms with Crippen molar-refractivity contribution in [2.75, 3.05) is 12.3 Å². The second-order valence-corrected chi connectivity index (χ2v) is 8.11. The lowest BCUT2D eigenvalue weighted by Gasteiger charge is -2.15. The molecule has 1 amide bonds. The summed E-state index contributed by atoms with van der Waals surface area (Å²) in [5, 5.41) is 3.21. The van der Waals surface area contributed by atoms with Crippen LogP contribution in [0.3, 0.4) is 0 Å². The van der Waals surface area contributed by atoms with Crippen molar-refractivity contribution in [2.24, 2.45) is 0 Å². The predicted molar refractivity (Wildman–Crippen MR) is 97.8 cm³/mol. The Hall–Kier alpha value is -2.05. The molecule has 2 rings (SSSR count). The van der Waals surface area contributed by atoms with Gasteiger partial charge in [0.25, 0.3) is 5.91 Å². The van der Waals surface area contributed by atoms with Crippen molar-refractivity contribution in [1.29, 1.82) is 0 Å². The molecule has 0 bridgehead atoms. The minimum absolute atomic E-state index is 0.0173. The molecule has 25 heavy (non-hydrogen) atoms. The van der Waals surface area contributed by atoms with Gasteiger partial charge in [-0.05, 0) is 49.7 Å². The molecule has 0 aliphatic rings. The number of benzene rings is 2. The Morgan fingerprint density at radius 3 is 2.52 bits per heavy atom. The highest BCUT2D eigenvalue weighted by Crippen LogP contribution is 2.21. The Labute approximate surface area is 152 Å². The molecule has 134 valence electrons. The molecule has 2 aromatic carbocycles. The van der Waals surface area contributed by atoms with Crippen LogP contribution in [-0.2, 0) is 14.6 Å². The molecule has 0 saturated carbocycles. The van der Waals surface area contributed by atoms with E-state index in [9.17, 15) is 13.2 Å². The largest absolute Gasteiger partial charge is 0.481 e. The summed E-state index contributed by atoms with van der Waals surface area (Å²) in [4.78, 5) is 12.3. The van der Waals surface area contributed by atoms with Gasteiger partial charge in [0.1, 0.15) is 5.75 Å². The predicted octanol–water partition coefficient (Wildman–Crippen LogP) is 3.01. The molecule has 0 aliphatic heterocycles. The molecule has 5 nitrogen and oxygen atoms in total. The first-order valence-corrected chi connectivity index (χ1v) is 9.81. The average Bonchev–Trinajstić information content (AvgIpc) is 2.58. The standard InChI is InChI=1S/C18H20ClNO4S/c1-13-12-15(8-9-17(13)19)24-14(2)18(21)20-10-11-25(22,23)16-6-4-3-5-7-16/h3-9,12,14H,10-11H2,1-2H3,(H,20,21). The van der Waals surface area contributed by atoms with E-state index in [0.29, 0.717) is 10.8 Å². The zero-order valence-corrected chi connectivity index (χ0v) is 15.6. The second kappa shape index (κ2) is 8.36. The Balaban J connectivity index is 1.86. The summed E-state index contributed by atoms with van der Waals surface area (Å²) in [6.07, 6.45) is -0.750. The van der Waals surface area contributed by atoms with Gasteiger partial charge < -0.3 is 10.1 Å². The van der Waals surface area contributed by atoms with Crippen molar-refractivity contribution in [3.05, 3.63) is 59.1 Å². The monoisotopic (exact) mass is 381 g/mol. The molecule has 1 N–H and O–H groups in total. The summed E-state index contributed by atoms with van der Waals surface area (Å²) in [6.45, 7) is 3.46. The van der Waals surface area contributed by atoms with Gasteiger partial charge in [0.15, 0.2) is 15.9 Å². The van der Waals surface area contributed by atoms with Crippen molar-refractivity contribution in [1.82, 2.24) is 5.32 Å². The van der Waals surface area contributed by atoms with E-state index in [2.05, 4.69) is 5.32 Å². The Morgan fingerprint density at radius 1 is 1.20 bits per heavy atom. The molecule has 0 heterocycles. The van der Waals surface area contributed by atoms with E-state index in [4.69, 9.17) is 16.3 Å². The van der Waals surface area contributed by atoms with E-state index in [1.165, 1.54) is 12.1 Å². The smallest absolute Gasteiger partial charge is 0.260 e. The van der Waals surface area contributed by atoms with Crippen molar-refractivity contribution >= 4 is 27.3 Å². The van der Waals surface area contributed by atoms with Gasteiger partial charge >= 0.3 is 0 Å². The molecule has 0 fully saturated rings. The molecule has 1 atom stereocenters. The fraction of sp³-hybridized carbons (Fsp3) is 0.278. The van der Waals surface area contributed by atoms with Gasteiger partial charge in [-0.2, -0.15) is 0 Å². The van der Waals surface area contributed by atoms with Crippen LogP contribution in [0, 0.1) is 6.92 Å². The van der Waals surface area contributed by atoms with Gasteiger partial charge in [0, 0.05) is 11.6 Å². The van der Waals surface area contributed by atoms with E-state index in [1.807, 2.05) is 6.92 Å². The third-order valence-corrected chi connectivity index (χ3v) is 5.74. The van der Waals surface area contributed by atoms with Crippen LogP contribution >= 0.6 is 11.6 Å².